The molecule has 16 heavy (non-hydrogen) atoms. The number of nitrogens with zero attached hydrogens (tertiary/aromatic N) is 2. The number of nitrogens with one attached hydrogen (secondary N) is 1. The van der Waals surface area contributed by atoms with Crippen LogP contribution in [0.25, 0.3) is 0 Å². The molecular weight excluding hydrogens is 208 g/mol. The summed E-state index contributed by atoms with van der Waals surface area (Å²) in [5.74, 6) is 0.0506. The van der Waals surface area contributed by atoms with Crippen LogP contribution in [0, 0.1) is 0 Å². The van der Waals surface area contributed by atoms with E-state index in [9.17, 15) is 9.59 Å². The van der Waals surface area contributed by atoms with Crippen molar-refractivity contribution in [2.45, 2.75) is 6.92 Å². The molecule has 0 unspecified atom stereocenters. The van der Waals surface area contributed by atoms with E-state index in [1.807, 2.05) is 0 Å². The normalized spacial score (nSPS) is 9.62. The SMILES string of the molecule is CC(=O)N(CCN)C(=O)Nc1ccccn1. The second kappa shape index (κ2) is 5.82. The fourth-order valence-corrected chi connectivity index (χ4v) is 1.14. The summed E-state index contributed by atoms with van der Waals surface area (Å²) in [6, 6.07) is 4.59. The molecule has 0 saturated heterocycles. The van der Waals surface area contributed by atoms with Gasteiger partial charge in [0.15, 0.2) is 0 Å². The molecule has 0 aliphatic heterocycles. The van der Waals surface area contributed by atoms with Crippen molar-refractivity contribution in [2.24, 2.45) is 5.73 Å². The summed E-state index contributed by atoms with van der Waals surface area (Å²) in [6.45, 7) is 1.73. The number of aromatic nitrogens is 1. The number of anilines is 1. The van der Waals surface area contributed by atoms with Crippen LogP contribution >= 0.6 is 0 Å². The van der Waals surface area contributed by atoms with Crippen molar-refractivity contribution < 1.29 is 9.59 Å². The zero-order valence-electron chi connectivity index (χ0n) is 9.01. The van der Waals surface area contributed by atoms with Gasteiger partial charge < -0.3 is 5.73 Å². The van der Waals surface area contributed by atoms with Crippen molar-refractivity contribution in [3.05, 3.63) is 24.4 Å². The van der Waals surface area contributed by atoms with Crippen molar-refractivity contribution in [1.82, 2.24) is 9.88 Å². The lowest BCUT2D eigenvalue weighted by Gasteiger charge is -2.18. The van der Waals surface area contributed by atoms with Crippen LogP contribution < -0.4 is 11.1 Å². The van der Waals surface area contributed by atoms with Gasteiger partial charge in [0, 0.05) is 26.2 Å². The van der Waals surface area contributed by atoms with Crippen molar-refractivity contribution in [3.63, 3.8) is 0 Å². The summed E-state index contributed by atoms with van der Waals surface area (Å²) in [4.78, 5) is 27.8. The molecule has 1 aromatic rings. The zero-order valence-corrected chi connectivity index (χ0v) is 9.01. The van der Waals surface area contributed by atoms with E-state index >= 15 is 0 Å². The van der Waals surface area contributed by atoms with Crippen molar-refractivity contribution in [1.29, 1.82) is 0 Å². The number of urea groups is 1. The predicted molar refractivity (Wildman–Crippen MR) is 59.7 cm³/mol. The lowest BCUT2D eigenvalue weighted by atomic mass is 10.4. The summed E-state index contributed by atoms with van der Waals surface area (Å²) in [7, 11) is 0. The van der Waals surface area contributed by atoms with Gasteiger partial charge in [-0.1, -0.05) is 6.07 Å². The third kappa shape index (κ3) is 3.32. The Kier molecular flexibility index (Phi) is 4.41. The molecule has 0 spiro atoms. The van der Waals surface area contributed by atoms with E-state index in [2.05, 4.69) is 10.3 Å². The topological polar surface area (TPSA) is 88.3 Å². The molecule has 0 aliphatic carbocycles. The highest BCUT2D eigenvalue weighted by Crippen LogP contribution is 2.02. The number of rotatable bonds is 3. The Balaban J connectivity index is 2.66. The van der Waals surface area contributed by atoms with Crippen molar-refractivity contribution in [3.8, 4) is 0 Å². The molecule has 0 aliphatic rings. The molecule has 0 bridgehead atoms. The number of amides is 3. The highest BCUT2D eigenvalue weighted by atomic mass is 16.2. The molecule has 0 fully saturated rings. The van der Waals surface area contributed by atoms with E-state index < -0.39 is 6.03 Å². The zero-order chi connectivity index (χ0) is 12.0. The van der Waals surface area contributed by atoms with Crippen LogP contribution in [0.5, 0.6) is 0 Å². The van der Waals surface area contributed by atoms with Crippen LogP contribution in [-0.2, 0) is 4.79 Å². The minimum absolute atomic E-state index is 0.188. The van der Waals surface area contributed by atoms with Crippen molar-refractivity contribution in [2.75, 3.05) is 18.4 Å². The quantitative estimate of drug-likeness (QED) is 0.775. The van der Waals surface area contributed by atoms with Gasteiger partial charge in [0.25, 0.3) is 0 Å². The standard InChI is InChI=1S/C10H14N4O2/c1-8(15)14(7-5-11)10(16)13-9-4-2-3-6-12-9/h2-4,6H,5,7,11H2,1H3,(H,12,13,16). The average Bonchev–Trinajstić information content (AvgIpc) is 2.26. The number of carbonyl (C=O) groups excluding carboxylic acids is 2. The number of pyridine rings is 1. The van der Waals surface area contributed by atoms with E-state index in [0.29, 0.717) is 5.82 Å². The van der Waals surface area contributed by atoms with Crippen LogP contribution in [0.3, 0.4) is 0 Å². The summed E-state index contributed by atoms with van der Waals surface area (Å²) >= 11 is 0. The Morgan fingerprint density at radius 1 is 1.50 bits per heavy atom. The molecule has 3 amide bonds. The molecule has 0 aromatic carbocycles. The Hall–Kier alpha value is -1.95. The third-order valence-corrected chi connectivity index (χ3v) is 1.88. The first kappa shape index (κ1) is 12.1. The average molecular weight is 222 g/mol. The number of hydrogen-bond donors (Lipinski definition) is 2. The van der Waals surface area contributed by atoms with Gasteiger partial charge in [-0.25, -0.2) is 9.78 Å². The molecule has 0 saturated carbocycles. The van der Waals surface area contributed by atoms with Crippen molar-refractivity contribution >= 4 is 17.8 Å². The van der Waals surface area contributed by atoms with Gasteiger partial charge in [-0.15, -0.1) is 0 Å². The maximum absolute atomic E-state index is 11.6. The Morgan fingerprint density at radius 3 is 2.75 bits per heavy atom. The van der Waals surface area contributed by atoms with E-state index in [0.717, 1.165) is 4.90 Å². The first-order chi connectivity index (χ1) is 7.65. The highest BCUT2D eigenvalue weighted by Gasteiger charge is 2.16. The van der Waals surface area contributed by atoms with E-state index in [-0.39, 0.29) is 19.0 Å². The summed E-state index contributed by atoms with van der Waals surface area (Å²) in [5.41, 5.74) is 5.31. The van der Waals surface area contributed by atoms with Crippen LogP contribution in [0.2, 0.25) is 0 Å². The molecule has 1 aromatic heterocycles. The molecule has 6 nitrogen and oxygen atoms in total. The molecule has 86 valence electrons. The number of imide groups is 1. The summed E-state index contributed by atoms with van der Waals surface area (Å²) < 4.78 is 0. The monoisotopic (exact) mass is 222 g/mol. The van der Waals surface area contributed by atoms with E-state index in [4.69, 9.17) is 5.73 Å². The smallest absolute Gasteiger partial charge is 0.329 e. The largest absolute Gasteiger partial charge is 0.329 e. The van der Waals surface area contributed by atoms with Gasteiger partial charge >= 0.3 is 6.03 Å². The van der Waals surface area contributed by atoms with Crippen LogP contribution in [0.1, 0.15) is 6.92 Å². The van der Waals surface area contributed by atoms with Gasteiger partial charge in [-0.3, -0.25) is 15.0 Å². The Bertz CT molecular complexity index is 366. The molecule has 3 N–H and O–H groups in total. The van der Waals surface area contributed by atoms with Gasteiger partial charge in [0.05, 0.1) is 0 Å². The maximum atomic E-state index is 11.6. The molecule has 1 heterocycles. The van der Waals surface area contributed by atoms with Gasteiger partial charge in [0.1, 0.15) is 5.82 Å². The molecule has 0 radical (unpaired) electrons. The summed E-state index contributed by atoms with van der Waals surface area (Å²) in [6.07, 6.45) is 1.55. The third-order valence-electron chi connectivity index (χ3n) is 1.88. The predicted octanol–water partition coefficient (Wildman–Crippen LogP) is 0.421. The fourth-order valence-electron chi connectivity index (χ4n) is 1.14. The minimum Gasteiger partial charge on any atom is -0.329 e. The first-order valence-corrected chi connectivity index (χ1v) is 4.85. The summed E-state index contributed by atoms with van der Waals surface area (Å²) in [5, 5.41) is 2.51. The van der Waals surface area contributed by atoms with Crippen LogP contribution in [0.4, 0.5) is 10.6 Å². The Morgan fingerprint density at radius 2 is 2.25 bits per heavy atom. The lowest BCUT2D eigenvalue weighted by molar-refractivity contribution is -0.125. The number of nitrogens with two attached hydrogens (primary N) is 1. The van der Waals surface area contributed by atoms with E-state index in [1.165, 1.54) is 6.92 Å². The van der Waals surface area contributed by atoms with Gasteiger partial charge in [0.2, 0.25) is 5.91 Å². The minimum atomic E-state index is -0.517. The van der Waals surface area contributed by atoms with Gasteiger partial charge in [-0.2, -0.15) is 0 Å². The number of carbonyl (C=O) groups is 2. The second-order valence-electron chi connectivity index (χ2n) is 3.10. The molecular formula is C10H14N4O2. The first-order valence-electron chi connectivity index (χ1n) is 4.85. The number of hydrogen-bond acceptors (Lipinski definition) is 4. The molecule has 1 rings (SSSR count). The van der Waals surface area contributed by atoms with Gasteiger partial charge in [-0.05, 0) is 12.1 Å². The van der Waals surface area contributed by atoms with Crippen LogP contribution in [-0.4, -0.2) is 34.9 Å². The fraction of sp³-hybridized carbons (Fsp3) is 0.300. The maximum Gasteiger partial charge on any atom is 0.329 e. The molecule has 0 atom stereocenters. The van der Waals surface area contributed by atoms with Crippen LogP contribution in [0.15, 0.2) is 24.4 Å². The molecule has 6 heteroatoms. The lowest BCUT2D eigenvalue weighted by Crippen LogP contribution is -2.41. The highest BCUT2D eigenvalue weighted by molar-refractivity contribution is 5.99. The Labute approximate surface area is 93.4 Å². The van der Waals surface area contributed by atoms with E-state index in [1.54, 1.807) is 24.4 Å². The second-order valence-corrected chi connectivity index (χ2v) is 3.10.